The van der Waals surface area contributed by atoms with Gasteiger partial charge in [-0.25, -0.2) is 9.97 Å². The Balaban J connectivity index is 1.43. The van der Waals surface area contributed by atoms with E-state index in [1.807, 2.05) is 37.3 Å². The number of nitrogens with two attached hydrogens (primary N) is 1. The van der Waals surface area contributed by atoms with Crippen LogP contribution in [0.15, 0.2) is 35.4 Å². The van der Waals surface area contributed by atoms with Crippen molar-refractivity contribution in [3.8, 4) is 11.4 Å². The molecule has 0 unspecified atom stereocenters. The predicted molar refractivity (Wildman–Crippen MR) is 124 cm³/mol. The van der Waals surface area contributed by atoms with E-state index in [4.69, 9.17) is 18.0 Å². The Hall–Kier alpha value is -3.18. The highest BCUT2D eigenvalue weighted by atomic mass is 32.2. The number of unbranched alkanes of at least 4 members (excludes halogenated alkanes) is 1. The molecule has 0 spiro atoms. The minimum atomic E-state index is -0.0733. The molecule has 11 heteroatoms. The lowest BCUT2D eigenvalue weighted by molar-refractivity contribution is -0.122. The third kappa shape index (κ3) is 4.94. The van der Waals surface area contributed by atoms with Gasteiger partial charge in [0.25, 0.3) is 5.91 Å². The van der Waals surface area contributed by atoms with Crippen LogP contribution in [-0.2, 0) is 11.2 Å². The standard InChI is InChI=1S/C20H20N8OS2/c1-12-11-22-18(23-17(12)21)14-6-4-5-13(9-14)10-15-19(29)28(20(30)31-15)8-3-2-7-16-24-26-27-25-16/h4-6,9-11H,2-3,7-8H2,1H3,(H2,21,22,23)(H,24,25,26,27). The molecule has 1 aliphatic rings. The Kier molecular flexibility index (Phi) is 6.33. The Labute approximate surface area is 188 Å². The number of thiocarbonyl (C=S) groups is 1. The minimum absolute atomic E-state index is 0.0733. The molecule has 1 aliphatic heterocycles. The molecule has 4 rings (SSSR count). The largest absolute Gasteiger partial charge is 0.383 e. The fraction of sp³-hybridized carbons (Fsp3) is 0.250. The van der Waals surface area contributed by atoms with Gasteiger partial charge in [0.05, 0.1) is 4.91 Å². The smallest absolute Gasteiger partial charge is 0.266 e. The third-order valence-electron chi connectivity index (χ3n) is 4.75. The third-order valence-corrected chi connectivity index (χ3v) is 6.13. The second kappa shape index (κ2) is 9.31. The number of benzene rings is 1. The van der Waals surface area contributed by atoms with Gasteiger partial charge in [-0.1, -0.05) is 47.4 Å². The van der Waals surface area contributed by atoms with Crippen molar-refractivity contribution in [1.82, 2.24) is 35.5 Å². The fourth-order valence-electron chi connectivity index (χ4n) is 3.05. The molecule has 0 atom stereocenters. The Morgan fingerprint density at radius 2 is 2.19 bits per heavy atom. The summed E-state index contributed by atoms with van der Waals surface area (Å²) < 4.78 is 0.571. The summed E-state index contributed by atoms with van der Waals surface area (Å²) in [4.78, 5) is 23.8. The van der Waals surface area contributed by atoms with Crippen LogP contribution in [0.4, 0.5) is 5.82 Å². The molecule has 1 amide bonds. The SMILES string of the molecule is Cc1cnc(-c2cccc(C=C3SC(=S)N(CCCCc4nn[nH]n4)C3=O)c2)nc1N. The van der Waals surface area contributed by atoms with Gasteiger partial charge in [-0.2, -0.15) is 5.21 Å². The number of tetrazole rings is 1. The number of nitrogens with one attached hydrogen (secondary N) is 1. The van der Waals surface area contributed by atoms with Crippen molar-refractivity contribution in [2.24, 2.45) is 0 Å². The number of aryl methyl sites for hydroxylation is 2. The highest BCUT2D eigenvalue weighted by Gasteiger charge is 2.31. The number of rotatable bonds is 7. The number of hydrogen-bond donors (Lipinski definition) is 2. The lowest BCUT2D eigenvalue weighted by Gasteiger charge is -2.13. The van der Waals surface area contributed by atoms with Crippen molar-refractivity contribution in [3.63, 3.8) is 0 Å². The maximum Gasteiger partial charge on any atom is 0.266 e. The van der Waals surface area contributed by atoms with E-state index >= 15 is 0 Å². The molecule has 0 aliphatic carbocycles. The zero-order valence-electron chi connectivity index (χ0n) is 16.8. The number of carbonyl (C=O) groups excluding carboxylic acids is 1. The van der Waals surface area contributed by atoms with Gasteiger partial charge in [0.2, 0.25) is 0 Å². The molecule has 0 radical (unpaired) electrons. The van der Waals surface area contributed by atoms with E-state index in [1.165, 1.54) is 11.8 Å². The summed E-state index contributed by atoms with van der Waals surface area (Å²) >= 11 is 6.74. The molecule has 1 fully saturated rings. The van der Waals surface area contributed by atoms with Crippen molar-refractivity contribution >= 4 is 46.1 Å². The number of hydrogen-bond acceptors (Lipinski definition) is 9. The van der Waals surface area contributed by atoms with Crippen LogP contribution in [0, 0.1) is 6.92 Å². The van der Waals surface area contributed by atoms with Crippen molar-refractivity contribution in [2.75, 3.05) is 12.3 Å². The number of carbonyl (C=O) groups is 1. The van der Waals surface area contributed by atoms with E-state index in [-0.39, 0.29) is 5.91 Å². The average Bonchev–Trinajstić information content (AvgIpc) is 3.37. The Morgan fingerprint density at radius 3 is 2.97 bits per heavy atom. The number of amides is 1. The molecule has 3 heterocycles. The number of nitrogens with zero attached hydrogens (tertiary/aromatic N) is 6. The molecule has 0 bridgehead atoms. The van der Waals surface area contributed by atoms with Crippen LogP contribution in [0.1, 0.15) is 29.8 Å². The number of anilines is 1. The van der Waals surface area contributed by atoms with Crippen molar-refractivity contribution in [1.29, 1.82) is 0 Å². The van der Waals surface area contributed by atoms with Crippen molar-refractivity contribution in [3.05, 3.63) is 52.3 Å². The molecule has 3 aromatic rings. The summed E-state index contributed by atoms with van der Waals surface area (Å²) in [7, 11) is 0. The molecule has 0 saturated carbocycles. The van der Waals surface area contributed by atoms with Gasteiger partial charge in [0.15, 0.2) is 11.6 Å². The van der Waals surface area contributed by atoms with E-state index < -0.39 is 0 Å². The fourth-order valence-corrected chi connectivity index (χ4v) is 4.36. The van der Waals surface area contributed by atoms with Crippen LogP contribution in [0.25, 0.3) is 17.5 Å². The second-order valence-corrected chi connectivity index (χ2v) is 8.68. The first-order valence-electron chi connectivity index (χ1n) is 9.68. The van der Waals surface area contributed by atoms with Gasteiger partial charge in [-0.3, -0.25) is 9.69 Å². The van der Waals surface area contributed by atoms with Crippen molar-refractivity contribution in [2.45, 2.75) is 26.2 Å². The van der Waals surface area contributed by atoms with E-state index in [0.29, 0.717) is 39.7 Å². The normalized spacial score (nSPS) is 15.3. The Bertz CT molecular complexity index is 1150. The molecule has 9 nitrogen and oxygen atoms in total. The summed E-state index contributed by atoms with van der Waals surface area (Å²) in [5.41, 5.74) is 8.45. The quantitative estimate of drug-likeness (QED) is 0.316. The highest BCUT2D eigenvalue weighted by molar-refractivity contribution is 8.26. The zero-order valence-corrected chi connectivity index (χ0v) is 18.4. The number of thioether (sulfide) groups is 1. The van der Waals surface area contributed by atoms with Gasteiger partial charge >= 0.3 is 0 Å². The van der Waals surface area contributed by atoms with Gasteiger partial charge in [-0.05, 0) is 37.5 Å². The zero-order chi connectivity index (χ0) is 21.8. The van der Waals surface area contributed by atoms with Crippen LogP contribution < -0.4 is 5.73 Å². The second-order valence-electron chi connectivity index (χ2n) is 7.01. The maximum absolute atomic E-state index is 12.8. The van der Waals surface area contributed by atoms with Crippen LogP contribution >= 0.6 is 24.0 Å². The van der Waals surface area contributed by atoms with E-state index in [2.05, 4.69) is 30.6 Å². The lowest BCUT2D eigenvalue weighted by atomic mass is 10.1. The molecule has 158 valence electrons. The number of aromatic nitrogens is 6. The molecular formula is C20H20N8OS2. The molecule has 3 N–H and O–H groups in total. The molecule has 1 aromatic carbocycles. The van der Waals surface area contributed by atoms with Crippen LogP contribution in [0.2, 0.25) is 0 Å². The summed E-state index contributed by atoms with van der Waals surface area (Å²) in [6, 6.07) is 7.68. The molecule has 31 heavy (non-hydrogen) atoms. The topological polar surface area (TPSA) is 127 Å². The van der Waals surface area contributed by atoms with Gasteiger partial charge in [0, 0.05) is 30.3 Å². The molecular weight excluding hydrogens is 432 g/mol. The van der Waals surface area contributed by atoms with E-state index in [1.54, 1.807) is 11.1 Å². The minimum Gasteiger partial charge on any atom is -0.383 e. The number of nitrogen functional groups attached to an aromatic ring is 1. The number of aromatic amines is 1. The van der Waals surface area contributed by atoms with Crippen molar-refractivity contribution < 1.29 is 4.79 Å². The average molecular weight is 453 g/mol. The Morgan fingerprint density at radius 1 is 1.32 bits per heavy atom. The first-order valence-corrected chi connectivity index (χ1v) is 10.9. The lowest BCUT2D eigenvalue weighted by Crippen LogP contribution is -2.29. The summed E-state index contributed by atoms with van der Waals surface area (Å²) in [6.45, 7) is 2.43. The first-order chi connectivity index (χ1) is 15.0. The first kappa shape index (κ1) is 21.1. The van der Waals surface area contributed by atoms with Gasteiger partial charge < -0.3 is 5.73 Å². The maximum atomic E-state index is 12.8. The summed E-state index contributed by atoms with van der Waals surface area (Å²) in [5, 5.41) is 13.8. The van der Waals surface area contributed by atoms with Gasteiger partial charge in [-0.15, -0.1) is 10.2 Å². The predicted octanol–water partition coefficient (Wildman–Crippen LogP) is 2.77. The molecule has 1 saturated heterocycles. The van der Waals surface area contributed by atoms with Crippen LogP contribution in [0.3, 0.4) is 0 Å². The summed E-state index contributed by atoms with van der Waals surface area (Å²) in [6.07, 6.45) is 5.90. The molecule has 2 aromatic heterocycles. The summed E-state index contributed by atoms with van der Waals surface area (Å²) in [5.74, 6) is 1.60. The highest BCUT2D eigenvalue weighted by Crippen LogP contribution is 2.33. The van der Waals surface area contributed by atoms with E-state index in [9.17, 15) is 4.79 Å². The van der Waals surface area contributed by atoms with Gasteiger partial charge in [0.1, 0.15) is 10.1 Å². The van der Waals surface area contributed by atoms with E-state index in [0.717, 1.165) is 29.5 Å². The number of H-pyrrole nitrogens is 1. The monoisotopic (exact) mass is 452 g/mol. The van der Waals surface area contributed by atoms with Crippen LogP contribution in [0.5, 0.6) is 0 Å². The van der Waals surface area contributed by atoms with Crippen LogP contribution in [-0.4, -0.2) is 52.3 Å².